The van der Waals surface area contributed by atoms with Crippen LogP contribution >= 0.6 is 11.3 Å². The van der Waals surface area contributed by atoms with Crippen LogP contribution in [0.3, 0.4) is 0 Å². The second kappa shape index (κ2) is 6.61. The third-order valence-corrected chi connectivity index (χ3v) is 5.00. The summed E-state index contributed by atoms with van der Waals surface area (Å²) in [5.74, 6) is 0. The van der Waals surface area contributed by atoms with Crippen molar-refractivity contribution in [2.45, 2.75) is 0 Å². The summed E-state index contributed by atoms with van der Waals surface area (Å²) in [6.45, 7) is 0. The molecule has 3 rings (SSSR count). The van der Waals surface area contributed by atoms with Crippen molar-refractivity contribution in [1.29, 1.82) is 0 Å². The lowest BCUT2D eigenvalue weighted by molar-refractivity contribution is -0.384. The average Bonchev–Trinajstić information content (AvgIpc) is 2.97. The molecule has 0 saturated carbocycles. The first kappa shape index (κ1) is 17.1. The fourth-order valence-corrected chi connectivity index (χ4v) is 4.07. The van der Waals surface area contributed by atoms with Crippen LogP contribution < -0.4 is 4.72 Å². The maximum absolute atomic E-state index is 11.5. The maximum Gasteiger partial charge on any atom is 0.269 e. The van der Waals surface area contributed by atoms with Gasteiger partial charge in [-0.05, 0) is 17.7 Å². The Morgan fingerprint density at radius 3 is 2.24 bits per heavy atom. The van der Waals surface area contributed by atoms with Crippen LogP contribution in [0, 0.1) is 10.1 Å². The SMILES string of the molecule is CS(=O)(=O)Nc1nc(-c2ccccc2)c(-c2ccc([N+](=O)[O-])cc2)s1. The summed E-state index contributed by atoms with van der Waals surface area (Å²) in [7, 11) is -3.45. The highest BCUT2D eigenvalue weighted by Gasteiger charge is 2.17. The smallest absolute Gasteiger partial charge is 0.259 e. The minimum absolute atomic E-state index is 0.0102. The third kappa shape index (κ3) is 4.01. The molecule has 0 spiro atoms. The molecule has 0 bridgehead atoms. The molecule has 3 aromatic rings. The maximum atomic E-state index is 11.5. The minimum Gasteiger partial charge on any atom is -0.259 e. The van der Waals surface area contributed by atoms with Gasteiger partial charge in [-0.3, -0.25) is 14.8 Å². The van der Waals surface area contributed by atoms with Crippen molar-refractivity contribution in [2.24, 2.45) is 0 Å². The van der Waals surface area contributed by atoms with Gasteiger partial charge >= 0.3 is 0 Å². The van der Waals surface area contributed by atoms with E-state index in [1.54, 1.807) is 12.1 Å². The van der Waals surface area contributed by atoms with Crippen molar-refractivity contribution in [3.8, 4) is 21.7 Å². The van der Waals surface area contributed by atoms with E-state index in [1.807, 2.05) is 30.3 Å². The van der Waals surface area contributed by atoms with Crippen molar-refractivity contribution < 1.29 is 13.3 Å². The van der Waals surface area contributed by atoms with Crippen LogP contribution in [-0.4, -0.2) is 24.6 Å². The van der Waals surface area contributed by atoms with E-state index in [4.69, 9.17) is 0 Å². The van der Waals surface area contributed by atoms with E-state index in [1.165, 1.54) is 23.5 Å². The van der Waals surface area contributed by atoms with Gasteiger partial charge in [0.25, 0.3) is 5.69 Å². The van der Waals surface area contributed by atoms with E-state index in [0.717, 1.165) is 22.3 Å². The first-order valence-corrected chi connectivity index (χ1v) is 9.83. The van der Waals surface area contributed by atoms with Crippen LogP contribution in [0.2, 0.25) is 0 Å². The second-order valence-corrected chi connectivity index (χ2v) is 7.99. The van der Waals surface area contributed by atoms with Gasteiger partial charge in [0, 0.05) is 17.7 Å². The molecule has 128 valence electrons. The van der Waals surface area contributed by atoms with Gasteiger partial charge in [-0.2, -0.15) is 0 Å². The Balaban J connectivity index is 2.11. The van der Waals surface area contributed by atoms with Gasteiger partial charge in [0.15, 0.2) is 5.13 Å². The molecule has 25 heavy (non-hydrogen) atoms. The molecule has 1 aromatic heterocycles. The van der Waals surface area contributed by atoms with Crippen molar-refractivity contribution in [1.82, 2.24) is 4.98 Å². The van der Waals surface area contributed by atoms with Crippen LogP contribution in [0.1, 0.15) is 0 Å². The Morgan fingerprint density at radius 2 is 1.68 bits per heavy atom. The van der Waals surface area contributed by atoms with Gasteiger partial charge in [0.1, 0.15) is 0 Å². The number of hydrogen-bond acceptors (Lipinski definition) is 6. The van der Waals surface area contributed by atoms with E-state index >= 15 is 0 Å². The summed E-state index contributed by atoms with van der Waals surface area (Å²) in [6, 6.07) is 15.4. The second-order valence-electron chi connectivity index (χ2n) is 5.24. The Bertz CT molecular complexity index is 1010. The number of thiazole rings is 1. The fourth-order valence-electron chi connectivity index (χ4n) is 2.24. The highest BCUT2D eigenvalue weighted by atomic mass is 32.2. The molecule has 2 aromatic carbocycles. The van der Waals surface area contributed by atoms with Gasteiger partial charge in [-0.15, -0.1) is 0 Å². The predicted molar refractivity (Wildman–Crippen MR) is 98.1 cm³/mol. The molecule has 9 heteroatoms. The highest BCUT2D eigenvalue weighted by molar-refractivity contribution is 7.92. The molecule has 0 aliphatic heterocycles. The third-order valence-electron chi connectivity index (χ3n) is 3.29. The van der Waals surface area contributed by atoms with Crippen LogP contribution in [0.25, 0.3) is 21.7 Å². The van der Waals surface area contributed by atoms with Gasteiger partial charge < -0.3 is 0 Å². The molecule has 0 unspecified atom stereocenters. The summed E-state index contributed by atoms with van der Waals surface area (Å²) in [5.41, 5.74) is 2.16. The number of sulfonamides is 1. The number of rotatable bonds is 5. The predicted octanol–water partition coefficient (Wildman–Crippen LogP) is 3.76. The van der Waals surface area contributed by atoms with Crippen molar-refractivity contribution in [3.63, 3.8) is 0 Å². The Hall–Kier alpha value is -2.78. The lowest BCUT2D eigenvalue weighted by Gasteiger charge is -2.02. The molecule has 0 aliphatic carbocycles. The van der Waals surface area contributed by atoms with Gasteiger partial charge in [-0.25, -0.2) is 13.4 Å². The Morgan fingerprint density at radius 1 is 1.04 bits per heavy atom. The number of nitro benzene ring substituents is 1. The van der Waals surface area contributed by atoms with Crippen molar-refractivity contribution in [3.05, 3.63) is 64.7 Å². The monoisotopic (exact) mass is 375 g/mol. The first-order chi connectivity index (χ1) is 11.8. The largest absolute Gasteiger partial charge is 0.269 e. The number of aromatic nitrogens is 1. The molecule has 1 N–H and O–H groups in total. The molecular weight excluding hydrogens is 362 g/mol. The fraction of sp³-hybridized carbons (Fsp3) is 0.0625. The van der Waals surface area contributed by atoms with E-state index < -0.39 is 14.9 Å². The van der Waals surface area contributed by atoms with E-state index in [0.29, 0.717) is 5.69 Å². The highest BCUT2D eigenvalue weighted by Crippen LogP contribution is 2.39. The van der Waals surface area contributed by atoms with Crippen molar-refractivity contribution in [2.75, 3.05) is 11.0 Å². The quantitative estimate of drug-likeness (QED) is 0.540. The van der Waals surface area contributed by atoms with Gasteiger partial charge in [0.2, 0.25) is 10.0 Å². The lowest BCUT2D eigenvalue weighted by Crippen LogP contribution is -2.08. The van der Waals surface area contributed by atoms with E-state index in [-0.39, 0.29) is 10.8 Å². The zero-order chi connectivity index (χ0) is 18.0. The number of non-ortho nitro benzene ring substituents is 1. The van der Waals surface area contributed by atoms with Gasteiger partial charge in [-0.1, -0.05) is 41.7 Å². The van der Waals surface area contributed by atoms with Crippen LogP contribution in [0.4, 0.5) is 10.8 Å². The summed E-state index contributed by atoms with van der Waals surface area (Å²) >= 11 is 1.18. The van der Waals surface area contributed by atoms with Crippen molar-refractivity contribution >= 4 is 32.2 Å². The zero-order valence-electron chi connectivity index (χ0n) is 13.0. The minimum atomic E-state index is -3.45. The summed E-state index contributed by atoms with van der Waals surface area (Å²) < 4.78 is 25.4. The molecule has 0 amide bonds. The lowest BCUT2D eigenvalue weighted by atomic mass is 10.1. The number of anilines is 1. The normalized spacial score (nSPS) is 11.2. The molecule has 0 saturated heterocycles. The topological polar surface area (TPSA) is 102 Å². The molecular formula is C16H13N3O4S2. The Kier molecular flexibility index (Phi) is 4.51. The molecule has 0 fully saturated rings. The standard InChI is InChI=1S/C16H13N3O4S2/c1-25(22,23)18-16-17-14(11-5-3-2-4-6-11)15(24-16)12-7-9-13(10-8-12)19(20)21/h2-10H,1H3,(H,17,18). The van der Waals surface area contributed by atoms with Gasteiger partial charge in [0.05, 0.1) is 21.8 Å². The molecule has 1 heterocycles. The van der Waals surface area contributed by atoms with E-state index in [2.05, 4.69) is 9.71 Å². The molecule has 7 nitrogen and oxygen atoms in total. The number of nitrogens with one attached hydrogen (secondary N) is 1. The van der Waals surface area contributed by atoms with Crippen LogP contribution in [0.5, 0.6) is 0 Å². The molecule has 0 atom stereocenters. The Labute approximate surface area is 148 Å². The van der Waals surface area contributed by atoms with E-state index in [9.17, 15) is 18.5 Å². The summed E-state index contributed by atoms with van der Waals surface area (Å²) in [6.07, 6.45) is 1.06. The molecule has 0 aliphatic rings. The summed E-state index contributed by atoms with van der Waals surface area (Å²) in [5, 5.41) is 11.1. The summed E-state index contributed by atoms with van der Waals surface area (Å²) in [4.78, 5) is 15.5. The molecule has 0 radical (unpaired) electrons. The number of hydrogen-bond donors (Lipinski definition) is 1. The number of nitrogens with zero attached hydrogens (tertiary/aromatic N) is 2. The number of benzene rings is 2. The number of nitro groups is 1. The zero-order valence-corrected chi connectivity index (χ0v) is 14.7. The first-order valence-electron chi connectivity index (χ1n) is 7.12. The average molecular weight is 375 g/mol. The van der Waals surface area contributed by atoms with Crippen LogP contribution in [0.15, 0.2) is 54.6 Å². The van der Waals surface area contributed by atoms with Crippen LogP contribution in [-0.2, 0) is 10.0 Å².